The van der Waals surface area contributed by atoms with Crippen LogP contribution in [0.15, 0.2) is 59.5 Å². The van der Waals surface area contributed by atoms with Gasteiger partial charge in [0, 0.05) is 19.7 Å². The second-order valence-corrected chi connectivity index (χ2v) is 12.3. The summed E-state index contributed by atoms with van der Waals surface area (Å²) in [6, 6.07) is 15.0. The summed E-state index contributed by atoms with van der Waals surface area (Å²) in [5.41, 5.74) is 0.994. The number of hydrogen-bond donors (Lipinski definition) is 3. The molecule has 0 spiro atoms. The summed E-state index contributed by atoms with van der Waals surface area (Å²) in [7, 11) is -3.92. The molecule has 2 aromatic carbocycles. The number of benzene rings is 2. The number of ether oxygens (including phenoxy) is 1. The van der Waals surface area contributed by atoms with Crippen LogP contribution in [0.4, 0.5) is 4.79 Å². The van der Waals surface area contributed by atoms with Crippen molar-refractivity contribution in [2.45, 2.75) is 70.1 Å². The van der Waals surface area contributed by atoms with Gasteiger partial charge in [-0.3, -0.25) is 0 Å². The largest absolute Gasteiger partial charge is 0.444 e. The predicted molar refractivity (Wildman–Crippen MR) is 140 cm³/mol. The van der Waals surface area contributed by atoms with Crippen LogP contribution in [0, 0.1) is 5.92 Å². The van der Waals surface area contributed by atoms with E-state index in [9.17, 15) is 18.3 Å². The van der Waals surface area contributed by atoms with E-state index in [0.29, 0.717) is 12.8 Å². The van der Waals surface area contributed by atoms with Crippen LogP contribution in [-0.4, -0.2) is 66.5 Å². The number of carbonyl (C=O) groups excluding carboxylic acids is 1. The number of aliphatic hydroxyl groups is 2. The molecular formula is C27H40N2O6S. The maximum absolute atomic E-state index is 13.5. The van der Waals surface area contributed by atoms with Gasteiger partial charge in [0.2, 0.25) is 10.0 Å². The van der Waals surface area contributed by atoms with Crippen LogP contribution < -0.4 is 5.32 Å². The van der Waals surface area contributed by atoms with Gasteiger partial charge in [-0.15, -0.1) is 0 Å². The summed E-state index contributed by atoms with van der Waals surface area (Å²) >= 11 is 0. The number of sulfonamides is 1. The second-order valence-electron chi connectivity index (χ2n) is 10.3. The predicted octanol–water partition coefficient (Wildman–Crippen LogP) is 3.37. The van der Waals surface area contributed by atoms with Crippen molar-refractivity contribution in [1.29, 1.82) is 0 Å². The fraction of sp³-hybridized carbons (Fsp3) is 0.519. The van der Waals surface area contributed by atoms with Crippen molar-refractivity contribution in [2.75, 3.05) is 19.7 Å². The molecule has 8 nitrogen and oxygen atoms in total. The van der Waals surface area contributed by atoms with Gasteiger partial charge >= 0.3 is 6.09 Å². The molecule has 0 aromatic heterocycles. The minimum absolute atomic E-state index is 0.00651. The molecule has 0 bridgehead atoms. The first kappa shape index (κ1) is 29.8. The van der Waals surface area contributed by atoms with E-state index >= 15 is 0 Å². The molecule has 200 valence electrons. The van der Waals surface area contributed by atoms with E-state index in [1.165, 1.54) is 16.4 Å². The fourth-order valence-corrected chi connectivity index (χ4v) is 5.35. The second kappa shape index (κ2) is 13.2. The number of nitrogens with zero attached hydrogens (tertiary/aromatic N) is 1. The van der Waals surface area contributed by atoms with Crippen molar-refractivity contribution in [3.8, 4) is 0 Å². The molecule has 0 aliphatic heterocycles. The zero-order valence-corrected chi connectivity index (χ0v) is 22.7. The summed E-state index contributed by atoms with van der Waals surface area (Å²) in [5, 5.41) is 23.1. The summed E-state index contributed by atoms with van der Waals surface area (Å²) in [5.74, 6) is 0.00651. The zero-order valence-electron chi connectivity index (χ0n) is 21.8. The average Bonchev–Trinajstić information content (AvgIpc) is 2.78. The van der Waals surface area contributed by atoms with Crippen LogP contribution in [0.1, 0.15) is 45.7 Å². The smallest absolute Gasteiger partial charge is 0.407 e. The Balaban J connectivity index is 2.30. The molecule has 9 heteroatoms. The third kappa shape index (κ3) is 9.54. The summed E-state index contributed by atoms with van der Waals surface area (Å²) < 4.78 is 33.7. The van der Waals surface area contributed by atoms with E-state index in [2.05, 4.69) is 5.32 Å². The quantitative estimate of drug-likeness (QED) is 0.395. The van der Waals surface area contributed by atoms with Gasteiger partial charge in [0.1, 0.15) is 5.60 Å². The van der Waals surface area contributed by atoms with Crippen molar-refractivity contribution in [3.05, 3.63) is 65.7 Å². The minimum Gasteiger partial charge on any atom is -0.444 e. The number of aliphatic hydroxyl groups excluding tert-OH is 2. The monoisotopic (exact) mass is 520 g/mol. The van der Waals surface area contributed by atoms with Crippen LogP contribution in [0.3, 0.4) is 0 Å². The Morgan fingerprint density at radius 2 is 1.61 bits per heavy atom. The summed E-state index contributed by atoms with van der Waals surface area (Å²) in [6.45, 7) is 9.02. The van der Waals surface area contributed by atoms with E-state index < -0.39 is 33.9 Å². The van der Waals surface area contributed by atoms with Gasteiger partial charge in [-0.05, 0) is 62.8 Å². The minimum atomic E-state index is -3.92. The number of nitrogens with one attached hydrogen (secondary N) is 1. The van der Waals surface area contributed by atoms with Crippen molar-refractivity contribution in [1.82, 2.24) is 9.62 Å². The number of carbonyl (C=O) groups is 1. The Bertz CT molecular complexity index is 1050. The normalized spacial score (nSPS) is 14.0. The number of alkyl carbamates (subject to hydrolysis) is 1. The number of amides is 1. The van der Waals surface area contributed by atoms with Gasteiger partial charge in [0.25, 0.3) is 0 Å². The number of hydrogen-bond acceptors (Lipinski definition) is 6. The Morgan fingerprint density at radius 1 is 1.00 bits per heavy atom. The van der Waals surface area contributed by atoms with Gasteiger partial charge in [0.15, 0.2) is 0 Å². The Kier molecular flexibility index (Phi) is 10.9. The van der Waals surface area contributed by atoms with Crippen LogP contribution in [0.2, 0.25) is 0 Å². The molecule has 1 amide bonds. The van der Waals surface area contributed by atoms with Gasteiger partial charge < -0.3 is 20.3 Å². The first-order chi connectivity index (χ1) is 16.8. The zero-order chi connectivity index (χ0) is 26.9. The molecule has 3 N–H and O–H groups in total. The molecular weight excluding hydrogens is 480 g/mol. The van der Waals surface area contributed by atoms with Gasteiger partial charge in [-0.1, -0.05) is 56.3 Å². The molecule has 0 saturated carbocycles. The topological polar surface area (TPSA) is 116 Å². The van der Waals surface area contributed by atoms with E-state index in [4.69, 9.17) is 9.84 Å². The lowest BCUT2D eigenvalue weighted by atomic mass is 10.0. The Morgan fingerprint density at radius 3 is 2.14 bits per heavy atom. The summed E-state index contributed by atoms with van der Waals surface area (Å²) in [4.78, 5) is 12.6. The van der Waals surface area contributed by atoms with Crippen molar-refractivity contribution < 1.29 is 28.2 Å². The third-order valence-corrected chi connectivity index (χ3v) is 7.23. The molecule has 36 heavy (non-hydrogen) atoms. The molecule has 2 atom stereocenters. The molecule has 0 heterocycles. The standard InChI is InChI=1S/C27H40N2O6S/c1-20(2)18-29(36(33,34)23-13-11-21(12-14-23)15-16-30)19-25(31)24(17-22-9-7-6-8-10-22)28-26(32)35-27(3,4)5/h6-14,20,24-25,30-31H,15-19H2,1-5H3,(H,28,32)/t24-,25+/m0/s1. The Hall–Kier alpha value is -2.46. The average molecular weight is 521 g/mol. The van der Waals surface area contributed by atoms with Gasteiger partial charge in [-0.2, -0.15) is 4.31 Å². The molecule has 2 aromatic rings. The van der Waals surface area contributed by atoms with Crippen molar-refractivity contribution >= 4 is 16.1 Å². The maximum Gasteiger partial charge on any atom is 0.407 e. The van der Waals surface area contributed by atoms with Crippen LogP contribution in [0.25, 0.3) is 0 Å². The summed E-state index contributed by atoms with van der Waals surface area (Å²) in [6.07, 6.45) is -1.14. The third-order valence-electron chi connectivity index (χ3n) is 5.39. The Labute approximate surface area is 215 Å². The number of rotatable bonds is 12. The molecule has 0 unspecified atom stereocenters. The van der Waals surface area contributed by atoms with Crippen LogP contribution in [0.5, 0.6) is 0 Å². The fourth-order valence-electron chi connectivity index (χ4n) is 3.73. The highest BCUT2D eigenvalue weighted by Gasteiger charge is 2.32. The van der Waals surface area contributed by atoms with Gasteiger partial charge in [-0.25, -0.2) is 13.2 Å². The molecule has 2 rings (SSSR count). The highest BCUT2D eigenvalue weighted by atomic mass is 32.2. The SMILES string of the molecule is CC(C)CN(C[C@@H](O)[C@H](Cc1ccccc1)NC(=O)OC(C)(C)C)S(=O)(=O)c1ccc(CCO)cc1. The lowest BCUT2D eigenvalue weighted by molar-refractivity contribution is 0.0400. The lowest BCUT2D eigenvalue weighted by Crippen LogP contribution is -2.51. The van der Waals surface area contributed by atoms with E-state index in [1.54, 1.807) is 32.9 Å². The van der Waals surface area contributed by atoms with Crippen LogP contribution in [-0.2, 0) is 27.6 Å². The first-order valence-electron chi connectivity index (χ1n) is 12.2. The van der Waals surface area contributed by atoms with E-state index in [1.807, 2.05) is 44.2 Å². The van der Waals surface area contributed by atoms with Crippen LogP contribution >= 0.6 is 0 Å². The van der Waals surface area contributed by atoms with Gasteiger partial charge in [0.05, 0.1) is 17.0 Å². The highest BCUT2D eigenvalue weighted by molar-refractivity contribution is 7.89. The molecule has 0 radical (unpaired) electrons. The van der Waals surface area contributed by atoms with Crippen molar-refractivity contribution in [3.63, 3.8) is 0 Å². The molecule has 0 fully saturated rings. The first-order valence-corrected chi connectivity index (χ1v) is 13.7. The van der Waals surface area contributed by atoms with E-state index in [0.717, 1.165) is 11.1 Å². The lowest BCUT2D eigenvalue weighted by Gasteiger charge is -2.31. The van der Waals surface area contributed by atoms with Crippen molar-refractivity contribution in [2.24, 2.45) is 5.92 Å². The maximum atomic E-state index is 13.5. The van der Waals surface area contributed by atoms with E-state index in [-0.39, 0.29) is 30.5 Å². The molecule has 0 aliphatic rings. The molecule has 0 saturated heterocycles. The molecule has 0 aliphatic carbocycles. The highest BCUT2D eigenvalue weighted by Crippen LogP contribution is 2.20.